The summed E-state index contributed by atoms with van der Waals surface area (Å²) < 4.78 is 4.36. The van der Waals surface area contributed by atoms with Gasteiger partial charge in [-0.2, -0.15) is 0 Å². The summed E-state index contributed by atoms with van der Waals surface area (Å²) in [5.74, 6) is 0.212. The van der Waals surface area contributed by atoms with Gasteiger partial charge in [0.1, 0.15) is 10.1 Å². The van der Waals surface area contributed by atoms with Crippen LogP contribution in [0.15, 0.2) is 24.3 Å². The predicted octanol–water partition coefficient (Wildman–Crippen LogP) is 2.68. The first-order chi connectivity index (χ1) is 10.2. The molecule has 2 rings (SSSR count). The average Bonchev–Trinajstić information content (AvgIpc) is 2.97. The molecule has 0 spiro atoms. The summed E-state index contributed by atoms with van der Waals surface area (Å²) in [7, 11) is 3.33. The van der Waals surface area contributed by atoms with Gasteiger partial charge in [0.25, 0.3) is 5.91 Å². The molecule has 2 amide bonds. The standard InChI is InChI=1S/C15H18Cl2N2O3/c1-14(9-15(14,16)17)13(21)18-10-4-6-11(7-5-10)22-8-12(20)19(2)3/h4-7H,8-9H2,1-3H3,(H,18,21)/t14-/m0/s1. The summed E-state index contributed by atoms with van der Waals surface area (Å²) in [6.07, 6.45) is 0.433. The first-order valence-corrected chi connectivity index (χ1v) is 7.54. The van der Waals surface area contributed by atoms with Crippen molar-refractivity contribution in [1.82, 2.24) is 4.90 Å². The van der Waals surface area contributed by atoms with Gasteiger partial charge in [-0.15, -0.1) is 23.2 Å². The fourth-order valence-electron chi connectivity index (χ4n) is 1.82. The van der Waals surface area contributed by atoms with Crippen LogP contribution in [0.2, 0.25) is 0 Å². The maximum Gasteiger partial charge on any atom is 0.259 e. The number of anilines is 1. The Hall–Kier alpha value is -1.46. The summed E-state index contributed by atoms with van der Waals surface area (Å²) in [4.78, 5) is 25.0. The van der Waals surface area contributed by atoms with E-state index in [2.05, 4.69) is 5.32 Å². The number of halogens is 2. The molecule has 1 atom stereocenters. The highest BCUT2D eigenvalue weighted by molar-refractivity contribution is 6.53. The van der Waals surface area contributed by atoms with E-state index < -0.39 is 9.75 Å². The van der Waals surface area contributed by atoms with E-state index in [4.69, 9.17) is 27.9 Å². The van der Waals surface area contributed by atoms with Gasteiger partial charge >= 0.3 is 0 Å². The Morgan fingerprint density at radius 3 is 2.27 bits per heavy atom. The molecule has 1 fully saturated rings. The summed E-state index contributed by atoms with van der Waals surface area (Å²) in [5, 5.41) is 2.77. The second kappa shape index (κ2) is 5.97. The van der Waals surface area contributed by atoms with Gasteiger partial charge in [0.2, 0.25) is 5.91 Å². The Labute approximate surface area is 139 Å². The molecule has 0 bridgehead atoms. The Morgan fingerprint density at radius 1 is 1.27 bits per heavy atom. The molecular formula is C15H18Cl2N2O3. The van der Waals surface area contributed by atoms with Gasteiger partial charge in [-0.1, -0.05) is 0 Å². The molecule has 0 aliphatic heterocycles. The predicted molar refractivity (Wildman–Crippen MR) is 86.4 cm³/mol. The fraction of sp³-hybridized carbons (Fsp3) is 0.467. The van der Waals surface area contributed by atoms with Gasteiger partial charge in [0, 0.05) is 19.8 Å². The van der Waals surface area contributed by atoms with Crippen molar-refractivity contribution >= 4 is 40.7 Å². The zero-order valence-electron chi connectivity index (χ0n) is 12.7. The zero-order valence-corrected chi connectivity index (χ0v) is 14.2. The van der Waals surface area contributed by atoms with Crippen molar-refractivity contribution in [1.29, 1.82) is 0 Å². The fourth-order valence-corrected chi connectivity index (χ4v) is 2.53. The van der Waals surface area contributed by atoms with Crippen molar-refractivity contribution in [2.24, 2.45) is 5.41 Å². The maximum absolute atomic E-state index is 12.1. The number of likely N-dealkylation sites (N-methyl/N-ethyl adjacent to an activating group) is 1. The summed E-state index contributed by atoms with van der Waals surface area (Å²) >= 11 is 12.0. The van der Waals surface area contributed by atoms with Crippen molar-refractivity contribution in [3.63, 3.8) is 0 Å². The number of rotatable bonds is 5. The van der Waals surface area contributed by atoms with E-state index in [9.17, 15) is 9.59 Å². The van der Waals surface area contributed by atoms with Crippen LogP contribution in [0, 0.1) is 5.41 Å². The lowest BCUT2D eigenvalue weighted by atomic mass is 10.1. The molecule has 0 aromatic heterocycles. The Balaban J connectivity index is 1.90. The van der Waals surface area contributed by atoms with Gasteiger partial charge < -0.3 is 15.0 Å². The summed E-state index contributed by atoms with van der Waals surface area (Å²) in [6.45, 7) is 1.70. The SMILES string of the molecule is CN(C)C(=O)COc1ccc(NC(=O)[C@]2(C)CC2(Cl)Cl)cc1. The third-order valence-corrected chi connectivity index (χ3v) is 4.83. The molecule has 22 heavy (non-hydrogen) atoms. The number of amides is 2. The third kappa shape index (κ3) is 3.47. The lowest BCUT2D eigenvalue weighted by molar-refractivity contribution is -0.130. The van der Waals surface area contributed by atoms with Crippen LogP contribution in [0.5, 0.6) is 5.75 Å². The Morgan fingerprint density at radius 2 is 1.82 bits per heavy atom. The van der Waals surface area contributed by atoms with Crippen LogP contribution in [-0.2, 0) is 9.59 Å². The first kappa shape index (κ1) is 16.9. The molecule has 7 heteroatoms. The van der Waals surface area contributed by atoms with E-state index in [1.54, 1.807) is 45.3 Å². The van der Waals surface area contributed by atoms with Gasteiger partial charge in [-0.25, -0.2) is 0 Å². The van der Waals surface area contributed by atoms with Crippen molar-refractivity contribution in [3.05, 3.63) is 24.3 Å². The molecule has 120 valence electrons. The quantitative estimate of drug-likeness (QED) is 0.835. The van der Waals surface area contributed by atoms with E-state index in [-0.39, 0.29) is 18.4 Å². The molecule has 0 unspecified atom stereocenters. The molecule has 1 N–H and O–H groups in total. The third-order valence-electron chi connectivity index (χ3n) is 3.73. The molecule has 0 saturated heterocycles. The molecular weight excluding hydrogens is 327 g/mol. The lowest BCUT2D eigenvalue weighted by Gasteiger charge is -2.14. The minimum absolute atomic E-state index is 0.0300. The number of ether oxygens (including phenoxy) is 1. The molecule has 1 saturated carbocycles. The van der Waals surface area contributed by atoms with Gasteiger partial charge in [0.05, 0.1) is 5.41 Å². The second-order valence-corrected chi connectivity index (χ2v) is 7.25. The van der Waals surface area contributed by atoms with Crippen molar-refractivity contribution in [2.75, 3.05) is 26.0 Å². The number of nitrogens with zero attached hydrogens (tertiary/aromatic N) is 1. The smallest absolute Gasteiger partial charge is 0.259 e. The van der Waals surface area contributed by atoms with Crippen LogP contribution in [0.3, 0.4) is 0 Å². The summed E-state index contributed by atoms with van der Waals surface area (Å²) in [6, 6.07) is 6.76. The normalized spacial score (nSPS) is 21.9. The van der Waals surface area contributed by atoms with Crippen LogP contribution < -0.4 is 10.1 Å². The molecule has 1 aliphatic rings. The largest absolute Gasteiger partial charge is 0.484 e. The van der Waals surface area contributed by atoms with Crippen LogP contribution in [-0.4, -0.2) is 41.7 Å². The van der Waals surface area contributed by atoms with Gasteiger partial charge in [-0.05, 0) is 37.6 Å². The number of alkyl halides is 2. The number of benzene rings is 1. The molecule has 1 aromatic rings. The first-order valence-electron chi connectivity index (χ1n) is 6.78. The molecule has 1 aromatic carbocycles. The van der Waals surface area contributed by atoms with E-state index in [0.717, 1.165) is 0 Å². The van der Waals surface area contributed by atoms with Crippen LogP contribution in [0.4, 0.5) is 5.69 Å². The molecule has 0 heterocycles. The maximum atomic E-state index is 12.1. The van der Waals surface area contributed by atoms with E-state index in [0.29, 0.717) is 17.9 Å². The van der Waals surface area contributed by atoms with Gasteiger partial charge in [-0.3, -0.25) is 9.59 Å². The Bertz CT molecular complexity index is 587. The monoisotopic (exact) mass is 344 g/mol. The second-order valence-electron chi connectivity index (χ2n) is 5.77. The van der Waals surface area contributed by atoms with Crippen LogP contribution in [0.1, 0.15) is 13.3 Å². The van der Waals surface area contributed by atoms with Gasteiger partial charge in [0.15, 0.2) is 6.61 Å². The number of carbonyl (C=O) groups excluding carboxylic acids is 2. The molecule has 1 aliphatic carbocycles. The van der Waals surface area contributed by atoms with E-state index in [1.165, 1.54) is 4.90 Å². The minimum atomic E-state index is -0.993. The van der Waals surface area contributed by atoms with Crippen LogP contribution in [0.25, 0.3) is 0 Å². The molecule has 5 nitrogen and oxygen atoms in total. The lowest BCUT2D eigenvalue weighted by Crippen LogP contribution is -2.27. The number of hydrogen-bond donors (Lipinski definition) is 1. The highest BCUT2D eigenvalue weighted by Crippen LogP contribution is 2.64. The topological polar surface area (TPSA) is 58.6 Å². The van der Waals surface area contributed by atoms with Crippen molar-refractivity contribution in [2.45, 2.75) is 17.7 Å². The molecule has 0 radical (unpaired) electrons. The number of nitrogens with one attached hydrogen (secondary N) is 1. The number of carbonyl (C=O) groups is 2. The average molecular weight is 345 g/mol. The zero-order chi connectivity index (χ0) is 16.5. The Kier molecular flexibility index (Phi) is 4.59. The van der Waals surface area contributed by atoms with Crippen molar-refractivity contribution in [3.8, 4) is 5.75 Å². The van der Waals surface area contributed by atoms with E-state index in [1.807, 2.05) is 0 Å². The highest BCUT2D eigenvalue weighted by Gasteiger charge is 2.67. The van der Waals surface area contributed by atoms with Crippen LogP contribution >= 0.6 is 23.2 Å². The summed E-state index contributed by atoms with van der Waals surface area (Å²) in [5.41, 5.74) is -0.141. The van der Waals surface area contributed by atoms with Crippen molar-refractivity contribution < 1.29 is 14.3 Å². The number of hydrogen-bond acceptors (Lipinski definition) is 3. The van der Waals surface area contributed by atoms with E-state index >= 15 is 0 Å². The minimum Gasteiger partial charge on any atom is -0.484 e. The highest BCUT2D eigenvalue weighted by atomic mass is 35.5.